The number of rotatable bonds is 9. The lowest BCUT2D eigenvalue weighted by molar-refractivity contribution is 0.482. The van der Waals surface area contributed by atoms with Crippen LogP contribution in [0.1, 0.15) is 50.1 Å². The molecule has 4 heterocycles. The fourth-order valence-electron chi connectivity index (χ4n) is 8.00. The van der Waals surface area contributed by atoms with Crippen LogP contribution in [0.3, 0.4) is 0 Å². The normalized spacial score (nSPS) is 15.6. The van der Waals surface area contributed by atoms with Crippen LogP contribution in [-0.2, 0) is 38.5 Å². The molecule has 0 spiro atoms. The molecule has 10 rings (SSSR count). The predicted molar refractivity (Wildman–Crippen MR) is 232 cm³/mol. The van der Waals surface area contributed by atoms with Crippen molar-refractivity contribution in [3.05, 3.63) is 164 Å². The predicted octanol–water partition coefficient (Wildman–Crippen LogP) is 11.0. The van der Waals surface area contributed by atoms with Crippen LogP contribution >= 0.6 is 22.7 Å². The van der Waals surface area contributed by atoms with E-state index in [2.05, 4.69) is 123 Å². The standard InChI is InChI=1S/C25H25N3S.C22H19N3OS/c1-16-3-5-18(6-4-16)7-8-19-9-10-20-12-22(13-21(20)11-19)28-24-23-17(2)14-29-25(23)27-15-26-24;1-14-12-27-22-20(14)21(23-13-24-22)25-17-9-15-7-8-19(11-16(15)10-17)26-18-5-3-2-4-6-18/h3-6,9-11,14-15,22H,7-8,12-13H2,1-2H3,(H,26,27,28);2-8,11-13,17H,9-10H2,1H3,(H,23,24,25). The molecule has 9 heteroatoms. The Bertz CT molecular complexity index is 2630. The van der Waals surface area contributed by atoms with Crippen molar-refractivity contribution in [2.45, 2.75) is 71.4 Å². The lowest BCUT2D eigenvalue weighted by Gasteiger charge is -2.13. The minimum absolute atomic E-state index is 0.337. The van der Waals surface area contributed by atoms with E-state index in [9.17, 15) is 0 Å². The molecule has 0 saturated carbocycles. The van der Waals surface area contributed by atoms with E-state index in [1.807, 2.05) is 30.3 Å². The summed E-state index contributed by atoms with van der Waals surface area (Å²) >= 11 is 3.36. The maximum atomic E-state index is 5.98. The van der Waals surface area contributed by atoms with E-state index in [4.69, 9.17) is 4.74 Å². The van der Waals surface area contributed by atoms with Crippen molar-refractivity contribution in [3.63, 3.8) is 0 Å². The maximum Gasteiger partial charge on any atom is 0.138 e. The zero-order valence-electron chi connectivity index (χ0n) is 31.9. The summed E-state index contributed by atoms with van der Waals surface area (Å²) in [5, 5.41) is 14.0. The van der Waals surface area contributed by atoms with Crippen LogP contribution in [0.2, 0.25) is 0 Å². The molecule has 7 nitrogen and oxygen atoms in total. The van der Waals surface area contributed by atoms with E-state index < -0.39 is 0 Å². The highest BCUT2D eigenvalue weighted by Gasteiger charge is 2.25. The monoisotopic (exact) mass is 772 g/mol. The van der Waals surface area contributed by atoms with Gasteiger partial charge in [0.25, 0.3) is 0 Å². The van der Waals surface area contributed by atoms with Gasteiger partial charge in [0.15, 0.2) is 0 Å². The number of fused-ring (bicyclic) bond motifs is 4. The van der Waals surface area contributed by atoms with Crippen LogP contribution < -0.4 is 15.4 Å². The van der Waals surface area contributed by atoms with Crippen molar-refractivity contribution in [1.82, 2.24) is 19.9 Å². The lowest BCUT2D eigenvalue weighted by Crippen LogP contribution is -2.20. The number of aryl methyl sites for hydroxylation is 5. The summed E-state index contributed by atoms with van der Waals surface area (Å²) < 4.78 is 5.98. The second kappa shape index (κ2) is 15.8. The number of hydrogen-bond donors (Lipinski definition) is 2. The smallest absolute Gasteiger partial charge is 0.138 e. The van der Waals surface area contributed by atoms with Gasteiger partial charge >= 0.3 is 0 Å². The third-order valence-electron chi connectivity index (χ3n) is 10.9. The molecule has 56 heavy (non-hydrogen) atoms. The van der Waals surface area contributed by atoms with Crippen molar-refractivity contribution in [1.29, 1.82) is 0 Å². The summed E-state index contributed by atoms with van der Waals surface area (Å²) in [6.07, 6.45) is 9.59. The van der Waals surface area contributed by atoms with Gasteiger partial charge in [-0.1, -0.05) is 72.3 Å². The molecule has 0 fully saturated rings. The summed E-state index contributed by atoms with van der Waals surface area (Å²) in [7, 11) is 0. The molecule has 0 bridgehead atoms. The Morgan fingerprint density at radius 1 is 0.554 bits per heavy atom. The Kier molecular flexibility index (Phi) is 10.2. The average molecular weight is 773 g/mol. The van der Waals surface area contributed by atoms with Crippen LogP contribution in [0.15, 0.2) is 114 Å². The van der Waals surface area contributed by atoms with Crippen molar-refractivity contribution < 1.29 is 4.74 Å². The first kappa shape index (κ1) is 36.0. The number of nitrogens with one attached hydrogen (secondary N) is 2. The third-order valence-corrected chi connectivity index (χ3v) is 12.9. The van der Waals surface area contributed by atoms with Crippen LogP contribution in [0.5, 0.6) is 11.5 Å². The largest absolute Gasteiger partial charge is 0.457 e. The molecular formula is C47H44N6OS2. The summed E-state index contributed by atoms with van der Waals surface area (Å²) in [6.45, 7) is 6.39. The first-order valence-corrected chi connectivity index (χ1v) is 21.1. The van der Waals surface area contributed by atoms with Crippen molar-refractivity contribution in [2.24, 2.45) is 0 Å². The number of anilines is 2. The van der Waals surface area contributed by atoms with Crippen molar-refractivity contribution in [2.75, 3.05) is 10.6 Å². The second-order valence-electron chi connectivity index (χ2n) is 15.1. The van der Waals surface area contributed by atoms with Gasteiger partial charge in [-0.15, -0.1) is 22.7 Å². The fourth-order valence-corrected chi connectivity index (χ4v) is 9.78. The van der Waals surface area contributed by atoms with Gasteiger partial charge in [-0.25, -0.2) is 19.9 Å². The Morgan fingerprint density at radius 3 is 1.71 bits per heavy atom. The van der Waals surface area contributed by atoms with Crippen LogP contribution in [-0.4, -0.2) is 32.0 Å². The Labute approximate surface area is 335 Å². The van der Waals surface area contributed by atoms with Crippen LogP contribution in [0.25, 0.3) is 20.4 Å². The van der Waals surface area contributed by atoms with Crippen LogP contribution in [0.4, 0.5) is 11.6 Å². The minimum atomic E-state index is 0.337. The molecule has 2 unspecified atom stereocenters. The van der Waals surface area contributed by atoms with E-state index in [0.29, 0.717) is 12.1 Å². The van der Waals surface area contributed by atoms with Gasteiger partial charge in [-0.2, -0.15) is 0 Å². The van der Waals surface area contributed by atoms with E-state index in [1.165, 1.54) is 55.5 Å². The molecular weight excluding hydrogens is 729 g/mol. The topological polar surface area (TPSA) is 84.9 Å². The summed E-state index contributed by atoms with van der Waals surface area (Å²) in [4.78, 5) is 19.9. The number of nitrogens with zero attached hydrogens (tertiary/aromatic N) is 4. The Hall–Kier alpha value is -5.64. The van der Waals surface area contributed by atoms with Gasteiger partial charge in [0.05, 0.1) is 10.8 Å². The zero-order valence-corrected chi connectivity index (χ0v) is 33.5. The molecule has 2 aliphatic rings. The first-order valence-electron chi connectivity index (χ1n) is 19.3. The van der Waals surface area contributed by atoms with Gasteiger partial charge in [-0.3, -0.25) is 0 Å². The third kappa shape index (κ3) is 7.88. The summed E-state index contributed by atoms with van der Waals surface area (Å²) in [5.74, 6) is 3.67. The average Bonchev–Trinajstić information content (AvgIpc) is 4.00. The number of para-hydroxylation sites is 1. The van der Waals surface area contributed by atoms with E-state index >= 15 is 0 Å². The SMILES string of the molecule is Cc1ccc(CCc2ccc3c(c2)CC(Nc2ncnc4scc(C)c24)C3)cc1.Cc1csc2ncnc(NC3Cc4ccc(Oc5ccccc5)cc4C3)c12. The minimum Gasteiger partial charge on any atom is -0.457 e. The van der Waals surface area contributed by atoms with Crippen molar-refractivity contribution >= 4 is 54.7 Å². The van der Waals surface area contributed by atoms with Crippen LogP contribution in [0, 0.1) is 20.8 Å². The molecule has 2 aliphatic carbocycles. The van der Waals surface area contributed by atoms with E-state index in [1.54, 1.807) is 35.3 Å². The molecule has 4 aromatic carbocycles. The molecule has 2 N–H and O–H groups in total. The molecule has 0 saturated heterocycles. The fraction of sp³-hybridized carbons (Fsp3) is 0.234. The Morgan fingerprint density at radius 2 is 1.09 bits per heavy atom. The molecule has 8 aromatic rings. The molecule has 2 atom stereocenters. The maximum absolute atomic E-state index is 5.98. The molecule has 0 amide bonds. The number of thiophene rings is 2. The van der Waals surface area contributed by atoms with Gasteiger partial charge in [-0.05, 0) is 139 Å². The first-order chi connectivity index (χ1) is 27.4. The second-order valence-corrected chi connectivity index (χ2v) is 16.8. The van der Waals surface area contributed by atoms with Gasteiger partial charge in [0, 0.05) is 12.1 Å². The number of ether oxygens (including phenoxy) is 1. The number of benzene rings is 4. The highest BCUT2D eigenvalue weighted by molar-refractivity contribution is 7.17. The van der Waals surface area contributed by atoms with Gasteiger partial charge in [0.1, 0.15) is 45.5 Å². The van der Waals surface area contributed by atoms with Gasteiger partial charge in [0.2, 0.25) is 0 Å². The van der Waals surface area contributed by atoms with Gasteiger partial charge < -0.3 is 15.4 Å². The van der Waals surface area contributed by atoms with Crippen molar-refractivity contribution in [3.8, 4) is 11.5 Å². The quantitative estimate of drug-likeness (QED) is 0.151. The summed E-state index contributed by atoms with van der Waals surface area (Å²) in [6, 6.07) is 33.0. The molecule has 280 valence electrons. The van der Waals surface area contributed by atoms with E-state index in [0.717, 1.165) is 76.7 Å². The highest BCUT2D eigenvalue weighted by Crippen LogP contribution is 2.34. The zero-order chi connectivity index (χ0) is 38.0. The number of hydrogen-bond acceptors (Lipinski definition) is 9. The van der Waals surface area contributed by atoms with E-state index in [-0.39, 0.29) is 0 Å². The highest BCUT2D eigenvalue weighted by atomic mass is 32.1. The molecule has 0 aliphatic heterocycles. The number of aromatic nitrogens is 4. The summed E-state index contributed by atoms with van der Waals surface area (Å²) in [5.41, 5.74) is 12.3. The molecule has 4 aromatic heterocycles. The Balaban J connectivity index is 0.000000147. The molecule has 0 radical (unpaired) electrons. The lowest BCUT2D eigenvalue weighted by atomic mass is 10.00.